The molecule has 114 valence electrons. The van der Waals surface area contributed by atoms with Gasteiger partial charge in [0.25, 0.3) is 10.0 Å². The number of anilines is 2. The van der Waals surface area contributed by atoms with Crippen LogP contribution in [-0.4, -0.2) is 25.1 Å². The maximum atomic E-state index is 12.5. The lowest BCUT2D eigenvalue weighted by Crippen LogP contribution is -2.16. The Bertz CT molecular complexity index is 725. The molecule has 0 saturated heterocycles. The van der Waals surface area contributed by atoms with Crippen molar-refractivity contribution in [3.05, 3.63) is 29.6 Å². The Balaban J connectivity index is 2.33. The maximum Gasteiger partial charge on any atom is 0.267 e. The lowest BCUT2D eigenvalue weighted by molar-refractivity contribution is 0.430. The Morgan fingerprint density at radius 2 is 2.10 bits per heavy atom. The van der Waals surface area contributed by atoms with Gasteiger partial charge in [-0.3, -0.25) is 0 Å². The quantitative estimate of drug-likeness (QED) is 0.849. The lowest BCUT2D eigenvalue weighted by Gasteiger charge is -2.11. The van der Waals surface area contributed by atoms with Crippen LogP contribution in [0.4, 0.5) is 11.7 Å². The van der Waals surface area contributed by atoms with E-state index in [-0.39, 0.29) is 10.8 Å². The van der Waals surface area contributed by atoms with Crippen molar-refractivity contribution in [3.8, 4) is 0 Å². The highest BCUT2D eigenvalue weighted by atomic mass is 32.2. The molecule has 0 aliphatic rings. The minimum absolute atomic E-state index is 0.0758. The summed E-state index contributed by atoms with van der Waals surface area (Å²) in [5, 5.41) is 6.73. The smallest absolute Gasteiger partial charge is 0.267 e. The van der Waals surface area contributed by atoms with E-state index < -0.39 is 10.0 Å². The molecule has 2 N–H and O–H groups in total. The number of aryl methyl sites for hydroxylation is 1. The lowest BCUT2D eigenvalue weighted by atomic mass is 10.3. The van der Waals surface area contributed by atoms with E-state index in [1.165, 1.54) is 6.07 Å². The fraction of sp³-hybridized carbons (Fsp3) is 0.385. The standard InChI is InChI=1S/C13H18N4O3S/c1-4-7-14-12-11(6-5-8-15-12)21(18,19)17-13-9(2)10(3)16-20-13/h5-6,8,17H,4,7H2,1-3H3,(H,14,15). The molecular formula is C13H18N4O3S. The van der Waals surface area contributed by atoms with Crippen LogP contribution in [-0.2, 0) is 10.0 Å². The summed E-state index contributed by atoms with van der Waals surface area (Å²) in [6.07, 6.45) is 2.41. The largest absolute Gasteiger partial charge is 0.369 e. The molecule has 0 aliphatic carbocycles. The number of aromatic nitrogens is 2. The molecule has 2 heterocycles. The summed E-state index contributed by atoms with van der Waals surface area (Å²) in [4.78, 5) is 4.15. The van der Waals surface area contributed by atoms with Crippen LogP contribution >= 0.6 is 0 Å². The monoisotopic (exact) mass is 310 g/mol. The van der Waals surface area contributed by atoms with Crippen molar-refractivity contribution in [1.29, 1.82) is 0 Å². The van der Waals surface area contributed by atoms with Crippen LogP contribution in [0.2, 0.25) is 0 Å². The number of sulfonamides is 1. The third kappa shape index (κ3) is 3.33. The van der Waals surface area contributed by atoms with Gasteiger partial charge in [-0.25, -0.2) is 18.1 Å². The average Bonchev–Trinajstić information content (AvgIpc) is 2.77. The van der Waals surface area contributed by atoms with Gasteiger partial charge in [0.05, 0.1) is 5.69 Å². The van der Waals surface area contributed by atoms with E-state index in [1.54, 1.807) is 26.1 Å². The van der Waals surface area contributed by atoms with Crippen molar-refractivity contribution < 1.29 is 12.9 Å². The minimum Gasteiger partial charge on any atom is -0.369 e. The van der Waals surface area contributed by atoms with Crippen LogP contribution in [0, 0.1) is 13.8 Å². The van der Waals surface area contributed by atoms with Crippen LogP contribution in [0.15, 0.2) is 27.7 Å². The van der Waals surface area contributed by atoms with Gasteiger partial charge < -0.3 is 9.84 Å². The van der Waals surface area contributed by atoms with Gasteiger partial charge in [0, 0.05) is 18.3 Å². The normalized spacial score (nSPS) is 11.4. The predicted molar refractivity (Wildman–Crippen MR) is 79.8 cm³/mol. The van der Waals surface area contributed by atoms with Gasteiger partial charge in [-0.1, -0.05) is 12.1 Å². The Hall–Kier alpha value is -2.09. The number of hydrogen-bond donors (Lipinski definition) is 2. The zero-order chi connectivity index (χ0) is 15.5. The van der Waals surface area contributed by atoms with Crippen molar-refractivity contribution in [2.75, 3.05) is 16.6 Å². The number of hydrogen-bond acceptors (Lipinski definition) is 6. The SMILES string of the molecule is CCCNc1ncccc1S(=O)(=O)Nc1onc(C)c1C. The molecule has 0 atom stereocenters. The Kier molecular flexibility index (Phi) is 4.46. The summed E-state index contributed by atoms with van der Waals surface area (Å²) >= 11 is 0. The molecule has 0 spiro atoms. The van der Waals surface area contributed by atoms with E-state index in [0.717, 1.165) is 6.42 Å². The van der Waals surface area contributed by atoms with Crippen molar-refractivity contribution >= 4 is 21.7 Å². The van der Waals surface area contributed by atoms with Crippen LogP contribution in [0.3, 0.4) is 0 Å². The van der Waals surface area contributed by atoms with E-state index in [9.17, 15) is 8.42 Å². The van der Waals surface area contributed by atoms with Crippen molar-refractivity contribution in [2.24, 2.45) is 0 Å². The molecule has 0 fully saturated rings. The summed E-state index contributed by atoms with van der Waals surface area (Å²) in [7, 11) is -3.79. The third-order valence-corrected chi connectivity index (χ3v) is 4.35. The van der Waals surface area contributed by atoms with E-state index in [4.69, 9.17) is 4.52 Å². The Morgan fingerprint density at radius 1 is 1.33 bits per heavy atom. The fourth-order valence-corrected chi connectivity index (χ4v) is 2.85. The highest BCUT2D eigenvalue weighted by Gasteiger charge is 2.22. The summed E-state index contributed by atoms with van der Waals surface area (Å²) in [6.45, 7) is 6.11. The van der Waals surface area contributed by atoms with Crippen LogP contribution in [0.25, 0.3) is 0 Å². The van der Waals surface area contributed by atoms with Crippen LogP contribution in [0.5, 0.6) is 0 Å². The first kappa shape index (κ1) is 15.3. The molecule has 0 amide bonds. The maximum absolute atomic E-state index is 12.5. The second-order valence-electron chi connectivity index (χ2n) is 4.60. The zero-order valence-electron chi connectivity index (χ0n) is 12.2. The zero-order valence-corrected chi connectivity index (χ0v) is 13.0. The van der Waals surface area contributed by atoms with Crippen molar-refractivity contribution in [1.82, 2.24) is 10.1 Å². The molecule has 2 aromatic rings. The second-order valence-corrected chi connectivity index (χ2v) is 6.26. The fourth-order valence-electron chi connectivity index (χ4n) is 1.67. The second kappa shape index (κ2) is 6.13. The van der Waals surface area contributed by atoms with Gasteiger partial charge >= 0.3 is 0 Å². The van der Waals surface area contributed by atoms with Crippen molar-refractivity contribution in [2.45, 2.75) is 32.1 Å². The number of rotatable bonds is 6. The van der Waals surface area contributed by atoms with Gasteiger partial charge in [-0.05, 0) is 32.4 Å². The molecule has 7 nitrogen and oxygen atoms in total. The van der Waals surface area contributed by atoms with E-state index in [0.29, 0.717) is 23.6 Å². The Labute approximate surface area is 123 Å². The molecule has 8 heteroatoms. The Morgan fingerprint density at radius 3 is 2.71 bits per heavy atom. The van der Waals surface area contributed by atoms with E-state index in [2.05, 4.69) is 20.2 Å². The molecule has 2 rings (SSSR count). The summed E-state index contributed by atoms with van der Waals surface area (Å²) < 4.78 is 32.3. The first-order chi connectivity index (χ1) is 9.95. The van der Waals surface area contributed by atoms with Gasteiger partial charge in [0.1, 0.15) is 10.7 Å². The molecule has 21 heavy (non-hydrogen) atoms. The van der Waals surface area contributed by atoms with Gasteiger partial charge in [0.15, 0.2) is 0 Å². The average molecular weight is 310 g/mol. The number of nitrogens with one attached hydrogen (secondary N) is 2. The summed E-state index contributed by atoms with van der Waals surface area (Å²) in [6, 6.07) is 3.07. The van der Waals surface area contributed by atoms with E-state index >= 15 is 0 Å². The van der Waals surface area contributed by atoms with Crippen LogP contribution in [0.1, 0.15) is 24.6 Å². The van der Waals surface area contributed by atoms with Gasteiger partial charge in [0.2, 0.25) is 5.88 Å². The van der Waals surface area contributed by atoms with Crippen LogP contribution < -0.4 is 10.0 Å². The summed E-state index contributed by atoms with van der Waals surface area (Å²) in [5.74, 6) is 0.443. The number of nitrogens with zero attached hydrogens (tertiary/aromatic N) is 2. The number of pyridine rings is 1. The van der Waals surface area contributed by atoms with Gasteiger partial charge in [-0.15, -0.1) is 0 Å². The molecule has 0 unspecified atom stereocenters. The first-order valence-corrected chi connectivity index (χ1v) is 8.08. The van der Waals surface area contributed by atoms with E-state index in [1.807, 2.05) is 6.92 Å². The topological polar surface area (TPSA) is 97.1 Å². The first-order valence-electron chi connectivity index (χ1n) is 6.60. The van der Waals surface area contributed by atoms with Gasteiger partial charge in [-0.2, -0.15) is 0 Å². The minimum atomic E-state index is -3.79. The highest BCUT2D eigenvalue weighted by molar-refractivity contribution is 7.92. The summed E-state index contributed by atoms with van der Waals surface area (Å²) in [5.41, 5.74) is 1.30. The molecule has 0 bridgehead atoms. The molecule has 0 radical (unpaired) electrons. The molecule has 0 saturated carbocycles. The molecule has 0 aliphatic heterocycles. The third-order valence-electron chi connectivity index (χ3n) is 2.99. The molecule has 0 aromatic carbocycles. The molecule has 2 aromatic heterocycles. The predicted octanol–water partition coefficient (Wildman–Crippen LogP) is 2.31. The van der Waals surface area contributed by atoms with Crippen molar-refractivity contribution in [3.63, 3.8) is 0 Å². The molecular weight excluding hydrogens is 292 g/mol. The highest BCUT2D eigenvalue weighted by Crippen LogP contribution is 2.24.